The summed E-state index contributed by atoms with van der Waals surface area (Å²) in [4.78, 5) is 0. The molecule has 0 spiro atoms. The van der Waals surface area contributed by atoms with Crippen LogP contribution in [-0.2, 0) is 0 Å². The molecule has 0 heterocycles. The molecular formula is C12H24N2. The summed E-state index contributed by atoms with van der Waals surface area (Å²) in [6, 6.07) is 0. The van der Waals surface area contributed by atoms with Crippen molar-refractivity contribution in [3.63, 3.8) is 0 Å². The normalized spacial score (nSPS) is 14.7. The topological polar surface area (TPSA) is 38.0 Å². The molecule has 0 aliphatic heterocycles. The Morgan fingerprint density at radius 1 is 1.43 bits per heavy atom. The van der Waals surface area contributed by atoms with Crippen molar-refractivity contribution < 1.29 is 0 Å². The molecule has 14 heavy (non-hydrogen) atoms. The number of nitrogens with two attached hydrogens (primary N) is 1. The Morgan fingerprint density at radius 2 is 2.07 bits per heavy atom. The molecule has 0 aromatic rings. The minimum atomic E-state index is 0.0497. The first-order valence-electron chi connectivity index (χ1n) is 5.39. The lowest BCUT2D eigenvalue weighted by atomic mass is 9.92. The van der Waals surface area contributed by atoms with E-state index in [1.54, 1.807) is 0 Å². The van der Waals surface area contributed by atoms with Crippen molar-refractivity contribution in [2.75, 3.05) is 13.1 Å². The van der Waals surface area contributed by atoms with Gasteiger partial charge in [-0.1, -0.05) is 19.8 Å². The maximum Gasteiger partial charge on any atom is 0.0580 e. The summed E-state index contributed by atoms with van der Waals surface area (Å²) in [5.74, 6) is 6.62. The fraction of sp³-hybridized carbons (Fsp3) is 0.833. The zero-order valence-electron chi connectivity index (χ0n) is 9.98. The van der Waals surface area contributed by atoms with Crippen molar-refractivity contribution in [1.82, 2.24) is 5.32 Å². The smallest absolute Gasteiger partial charge is 0.0580 e. The van der Waals surface area contributed by atoms with Crippen LogP contribution in [-0.4, -0.2) is 18.6 Å². The third-order valence-electron chi connectivity index (χ3n) is 2.50. The maximum absolute atomic E-state index is 5.76. The van der Waals surface area contributed by atoms with Gasteiger partial charge in [-0.3, -0.25) is 5.32 Å². The predicted molar refractivity (Wildman–Crippen MR) is 63.0 cm³/mol. The van der Waals surface area contributed by atoms with E-state index in [1.807, 2.05) is 6.92 Å². The summed E-state index contributed by atoms with van der Waals surface area (Å²) in [5.41, 5.74) is 5.81. The zero-order valence-corrected chi connectivity index (χ0v) is 9.98. The molecule has 0 radical (unpaired) electrons. The Hall–Kier alpha value is -0.520. The van der Waals surface area contributed by atoms with E-state index in [0.717, 1.165) is 18.9 Å². The van der Waals surface area contributed by atoms with Crippen molar-refractivity contribution in [2.24, 2.45) is 11.7 Å². The summed E-state index contributed by atoms with van der Waals surface area (Å²) < 4.78 is 0. The van der Waals surface area contributed by atoms with Gasteiger partial charge in [-0.25, -0.2) is 0 Å². The number of hydrogen-bond acceptors (Lipinski definition) is 2. The van der Waals surface area contributed by atoms with Crippen molar-refractivity contribution in [2.45, 2.75) is 46.1 Å². The van der Waals surface area contributed by atoms with Gasteiger partial charge in [0.25, 0.3) is 0 Å². The highest BCUT2D eigenvalue weighted by molar-refractivity contribution is 4.99. The van der Waals surface area contributed by atoms with Gasteiger partial charge in [-0.2, -0.15) is 0 Å². The number of nitrogens with one attached hydrogen (secondary N) is 1. The van der Waals surface area contributed by atoms with E-state index >= 15 is 0 Å². The second-order valence-electron chi connectivity index (χ2n) is 4.48. The molecule has 1 unspecified atom stereocenters. The highest BCUT2D eigenvalue weighted by Gasteiger charge is 2.20. The zero-order chi connectivity index (χ0) is 11.0. The molecule has 2 heteroatoms. The van der Waals surface area contributed by atoms with E-state index in [2.05, 4.69) is 37.9 Å². The van der Waals surface area contributed by atoms with Crippen LogP contribution in [0.25, 0.3) is 0 Å². The molecule has 0 rings (SSSR count). The Labute approximate surface area is 88.6 Å². The van der Waals surface area contributed by atoms with Gasteiger partial charge in [0, 0.05) is 12.1 Å². The van der Waals surface area contributed by atoms with Crippen molar-refractivity contribution >= 4 is 0 Å². The van der Waals surface area contributed by atoms with Gasteiger partial charge in [0.1, 0.15) is 0 Å². The summed E-state index contributed by atoms with van der Waals surface area (Å²) in [5, 5.41) is 3.40. The van der Waals surface area contributed by atoms with E-state index in [1.165, 1.54) is 6.42 Å². The van der Waals surface area contributed by atoms with Crippen molar-refractivity contribution in [3.05, 3.63) is 0 Å². The Bertz CT molecular complexity index is 200. The van der Waals surface area contributed by atoms with Crippen LogP contribution in [0.15, 0.2) is 0 Å². The summed E-state index contributed by atoms with van der Waals surface area (Å²) in [6.07, 6.45) is 2.33. The lowest BCUT2D eigenvalue weighted by Gasteiger charge is -2.29. The quantitative estimate of drug-likeness (QED) is 0.635. The van der Waals surface area contributed by atoms with Crippen LogP contribution in [0.2, 0.25) is 0 Å². The predicted octanol–water partition coefficient (Wildman–Crippen LogP) is 1.75. The van der Waals surface area contributed by atoms with Crippen LogP contribution in [0.3, 0.4) is 0 Å². The Morgan fingerprint density at radius 3 is 2.50 bits per heavy atom. The fourth-order valence-corrected chi connectivity index (χ4v) is 1.22. The molecule has 2 nitrogen and oxygen atoms in total. The van der Waals surface area contributed by atoms with Crippen LogP contribution in [0.4, 0.5) is 0 Å². The molecule has 0 saturated carbocycles. The molecule has 0 fully saturated rings. The van der Waals surface area contributed by atoms with Crippen LogP contribution < -0.4 is 11.1 Å². The minimum absolute atomic E-state index is 0.0497. The molecule has 1 atom stereocenters. The van der Waals surface area contributed by atoms with Crippen molar-refractivity contribution in [1.29, 1.82) is 0 Å². The third kappa shape index (κ3) is 6.01. The van der Waals surface area contributed by atoms with Crippen LogP contribution in [0, 0.1) is 17.8 Å². The first-order chi connectivity index (χ1) is 6.54. The molecule has 0 aromatic carbocycles. The molecule has 0 saturated heterocycles. The number of hydrogen-bond donors (Lipinski definition) is 2. The van der Waals surface area contributed by atoms with Gasteiger partial charge in [-0.15, -0.1) is 5.92 Å². The Balaban J connectivity index is 3.95. The molecule has 3 N–H and O–H groups in total. The standard InChI is InChI=1S/C12H24N2/c1-5-6-9-14-12(4,10-13)8-7-11(2)3/h11,14H,7-10,13H2,1-4H3. The van der Waals surface area contributed by atoms with Gasteiger partial charge in [-0.05, 0) is 32.6 Å². The first-order valence-corrected chi connectivity index (χ1v) is 5.39. The molecular weight excluding hydrogens is 172 g/mol. The van der Waals surface area contributed by atoms with Crippen LogP contribution in [0.1, 0.15) is 40.5 Å². The molecule has 0 aliphatic rings. The molecule has 0 aromatic heterocycles. The van der Waals surface area contributed by atoms with Gasteiger partial charge >= 0.3 is 0 Å². The van der Waals surface area contributed by atoms with E-state index in [9.17, 15) is 0 Å². The third-order valence-corrected chi connectivity index (χ3v) is 2.50. The average molecular weight is 196 g/mol. The monoisotopic (exact) mass is 196 g/mol. The van der Waals surface area contributed by atoms with E-state index in [-0.39, 0.29) is 5.54 Å². The highest BCUT2D eigenvalue weighted by Crippen LogP contribution is 2.14. The maximum atomic E-state index is 5.76. The first kappa shape index (κ1) is 13.5. The summed E-state index contributed by atoms with van der Waals surface area (Å²) in [6.45, 7) is 9.92. The SMILES string of the molecule is CC#CCNC(C)(CN)CCC(C)C. The lowest BCUT2D eigenvalue weighted by molar-refractivity contribution is 0.326. The van der Waals surface area contributed by atoms with Crippen LogP contribution in [0.5, 0.6) is 0 Å². The average Bonchev–Trinajstić information content (AvgIpc) is 2.15. The lowest BCUT2D eigenvalue weighted by Crippen LogP contribution is -2.48. The largest absolute Gasteiger partial charge is 0.329 e. The Kier molecular flexibility index (Phi) is 6.61. The summed E-state index contributed by atoms with van der Waals surface area (Å²) in [7, 11) is 0. The van der Waals surface area contributed by atoms with Crippen molar-refractivity contribution in [3.8, 4) is 11.8 Å². The van der Waals surface area contributed by atoms with Gasteiger partial charge in [0.05, 0.1) is 6.54 Å². The summed E-state index contributed by atoms with van der Waals surface area (Å²) >= 11 is 0. The van der Waals surface area contributed by atoms with E-state index < -0.39 is 0 Å². The van der Waals surface area contributed by atoms with Gasteiger partial charge in [0.15, 0.2) is 0 Å². The van der Waals surface area contributed by atoms with E-state index in [0.29, 0.717) is 6.54 Å². The van der Waals surface area contributed by atoms with Gasteiger partial charge < -0.3 is 5.73 Å². The molecule has 0 bridgehead atoms. The number of rotatable bonds is 6. The molecule has 82 valence electrons. The molecule has 0 aliphatic carbocycles. The second kappa shape index (κ2) is 6.86. The van der Waals surface area contributed by atoms with E-state index in [4.69, 9.17) is 5.73 Å². The minimum Gasteiger partial charge on any atom is -0.329 e. The highest BCUT2D eigenvalue weighted by atomic mass is 15.0. The van der Waals surface area contributed by atoms with Gasteiger partial charge in [0.2, 0.25) is 0 Å². The van der Waals surface area contributed by atoms with Crippen LogP contribution >= 0.6 is 0 Å². The second-order valence-corrected chi connectivity index (χ2v) is 4.48. The fourth-order valence-electron chi connectivity index (χ4n) is 1.22. The molecule has 0 amide bonds.